The number of amides is 4. The summed E-state index contributed by atoms with van der Waals surface area (Å²) in [6.45, 7) is 7.42. The summed E-state index contributed by atoms with van der Waals surface area (Å²) in [5.41, 5.74) is 4.40. The molecule has 0 aromatic heterocycles. The third-order valence-electron chi connectivity index (χ3n) is 6.07. The van der Waals surface area contributed by atoms with Gasteiger partial charge in [0.25, 0.3) is 11.8 Å². The van der Waals surface area contributed by atoms with Gasteiger partial charge in [-0.05, 0) is 51.0 Å². The summed E-state index contributed by atoms with van der Waals surface area (Å²) in [6, 6.07) is 8.24. The number of hydrogen-bond donors (Lipinski definition) is 1. The van der Waals surface area contributed by atoms with E-state index in [1.54, 1.807) is 38.1 Å². The van der Waals surface area contributed by atoms with Crippen molar-refractivity contribution in [2.24, 2.45) is 0 Å². The molecule has 2 fully saturated rings. The highest BCUT2D eigenvalue weighted by Crippen LogP contribution is 2.33. The Bertz CT molecular complexity index is 1070. The molecule has 2 heterocycles. The maximum absolute atomic E-state index is 13.1. The molecule has 2 atom stereocenters. The number of hydroxylamine groups is 2. The standard InChI is InChI=1S/C24H25N3O5/c1-13-5-7-17(15(3)9-13)25-21(28)11-19(23(25)30)27(32)20-12-22(29)26(24(20)31)18-8-6-14(2)10-16(18)4/h5-10,19-20,32H,11-12H2,1-4H3/t19-,20+. The molecular weight excluding hydrogens is 410 g/mol. The van der Waals surface area contributed by atoms with E-state index in [4.69, 9.17) is 0 Å². The van der Waals surface area contributed by atoms with Crippen LogP contribution >= 0.6 is 0 Å². The number of carbonyl (C=O) groups is 4. The van der Waals surface area contributed by atoms with E-state index in [9.17, 15) is 24.4 Å². The highest BCUT2D eigenvalue weighted by molar-refractivity contribution is 6.24. The van der Waals surface area contributed by atoms with Crippen molar-refractivity contribution >= 4 is 35.0 Å². The van der Waals surface area contributed by atoms with Crippen molar-refractivity contribution in [2.75, 3.05) is 9.80 Å². The van der Waals surface area contributed by atoms with Gasteiger partial charge in [0.2, 0.25) is 11.8 Å². The zero-order valence-electron chi connectivity index (χ0n) is 18.5. The van der Waals surface area contributed by atoms with Gasteiger partial charge in [0.15, 0.2) is 0 Å². The summed E-state index contributed by atoms with van der Waals surface area (Å²) in [7, 11) is 0. The fourth-order valence-corrected chi connectivity index (χ4v) is 4.48. The molecule has 2 saturated heterocycles. The van der Waals surface area contributed by atoms with Crippen LogP contribution in [-0.2, 0) is 19.2 Å². The molecule has 4 amide bonds. The molecule has 0 spiro atoms. The van der Waals surface area contributed by atoms with Crippen molar-refractivity contribution in [3.8, 4) is 0 Å². The topological polar surface area (TPSA) is 98.2 Å². The summed E-state index contributed by atoms with van der Waals surface area (Å²) < 4.78 is 0. The Hall–Kier alpha value is -3.36. The Kier molecular flexibility index (Phi) is 5.44. The Morgan fingerprint density at radius 2 is 1.09 bits per heavy atom. The quantitative estimate of drug-likeness (QED) is 0.586. The lowest BCUT2D eigenvalue weighted by atomic mass is 10.1. The van der Waals surface area contributed by atoms with Gasteiger partial charge in [-0.25, -0.2) is 9.80 Å². The van der Waals surface area contributed by atoms with E-state index in [1.165, 1.54) is 0 Å². The molecule has 0 unspecified atom stereocenters. The molecule has 0 saturated carbocycles. The molecule has 1 N–H and O–H groups in total. The lowest BCUT2D eigenvalue weighted by Gasteiger charge is -2.26. The van der Waals surface area contributed by atoms with E-state index in [0.29, 0.717) is 16.4 Å². The van der Waals surface area contributed by atoms with Crippen LogP contribution in [0.1, 0.15) is 35.1 Å². The molecular formula is C24H25N3O5. The minimum atomic E-state index is -1.23. The van der Waals surface area contributed by atoms with Gasteiger partial charge in [-0.2, -0.15) is 5.06 Å². The van der Waals surface area contributed by atoms with Crippen molar-refractivity contribution in [1.82, 2.24) is 5.06 Å². The monoisotopic (exact) mass is 435 g/mol. The van der Waals surface area contributed by atoms with E-state index < -0.39 is 35.7 Å². The maximum Gasteiger partial charge on any atom is 0.254 e. The molecule has 0 bridgehead atoms. The largest absolute Gasteiger partial charge is 0.312 e. The van der Waals surface area contributed by atoms with Gasteiger partial charge >= 0.3 is 0 Å². The SMILES string of the molecule is Cc1ccc(N2C(=O)C[C@@H](N(O)[C@H]3CC(=O)N(c4ccc(C)cc4C)C3=O)C2=O)c(C)c1. The predicted molar refractivity (Wildman–Crippen MR) is 117 cm³/mol. The lowest BCUT2D eigenvalue weighted by Crippen LogP contribution is -2.49. The fourth-order valence-electron chi connectivity index (χ4n) is 4.48. The van der Waals surface area contributed by atoms with Crippen molar-refractivity contribution < 1.29 is 24.4 Å². The van der Waals surface area contributed by atoms with Crippen LogP contribution in [0.2, 0.25) is 0 Å². The molecule has 4 rings (SSSR count). The van der Waals surface area contributed by atoms with Gasteiger partial charge in [-0.1, -0.05) is 35.4 Å². The average molecular weight is 435 g/mol. The molecule has 2 aromatic rings. The summed E-state index contributed by atoms with van der Waals surface area (Å²) in [6.07, 6.45) is -0.547. The Morgan fingerprint density at radius 1 is 0.719 bits per heavy atom. The summed E-state index contributed by atoms with van der Waals surface area (Å²) in [5, 5.41) is 11.4. The summed E-state index contributed by atoms with van der Waals surface area (Å²) in [5.74, 6) is -2.16. The van der Waals surface area contributed by atoms with Gasteiger partial charge in [0, 0.05) is 0 Å². The zero-order chi connectivity index (χ0) is 23.3. The fraction of sp³-hybridized carbons (Fsp3) is 0.333. The molecule has 0 aliphatic carbocycles. The smallest absolute Gasteiger partial charge is 0.254 e. The third-order valence-corrected chi connectivity index (χ3v) is 6.07. The Balaban J connectivity index is 1.59. The van der Waals surface area contributed by atoms with Crippen LogP contribution < -0.4 is 9.80 Å². The normalized spacial score (nSPS) is 21.4. The number of carbonyl (C=O) groups excluding carboxylic acids is 4. The Labute approximate surface area is 186 Å². The van der Waals surface area contributed by atoms with E-state index in [1.807, 2.05) is 26.0 Å². The van der Waals surface area contributed by atoms with E-state index in [-0.39, 0.29) is 12.8 Å². The molecule has 2 aliphatic rings. The highest BCUT2D eigenvalue weighted by Gasteiger charge is 2.50. The molecule has 8 nitrogen and oxygen atoms in total. The van der Waals surface area contributed by atoms with Crippen molar-refractivity contribution in [2.45, 2.75) is 52.6 Å². The molecule has 8 heteroatoms. The summed E-state index contributed by atoms with van der Waals surface area (Å²) in [4.78, 5) is 53.6. The first kappa shape index (κ1) is 21.9. The molecule has 2 aliphatic heterocycles. The van der Waals surface area contributed by atoms with Crippen LogP contribution in [0.15, 0.2) is 36.4 Å². The van der Waals surface area contributed by atoms with Gasteiger partial charge in [-0.15, -0.1) is 0 Å². The second-order valence-corrected chi connectivity index (χ2v) is 8.53. The molecule has 166 valence electrons. The van der Waals surface area contributed by atoms with Crippen LogP contribution in [0.5, 0.6) is 0 Å². The number of benzene rings is 2. The van der Waals surface area contributed by atoms with Crippen molar-refractivity contribution in [3.05, 3.63) is 58.7 Å². The van der Waals surface area contributed by atoms with Crippen molar-refractivity contribution in [3.63, 3.8) is 0 Å². The second kappa shape index (κ2) is 7.96. The highest BCUT2D eigenvalue weighted by atomic mass is 16.5. The number of nitrogens with zero attached hydrogens (tertiary/aromatic N) is 3. The Morgan fingerprint density at radius 3 is 1.44 bits per heavy atom. The third kappa shape index (κ3) is 3.51. The van der Waals surface area contributed by atoms with E-state index in [2.05, 4.69) is 0 Å². The van der Waals surface area contributed by atoms with Crippen molar-refractivity contribution in [1.29, 1.82) is 0 Å². The van der Waals surface area contributed by atoms with E-state index >= 15 is 0 Å². The van der Waals surface area contributed by atoms with Crippen LogP contribution in [0, 0.1) is 27.7 Å². The molecule has 2 aromatic carbocycles. The molecule has 32 heavy (non-hydrogen) atoms. The minimum Gasteiger partial charge on any atom is -0.312 e. The zero-order valence-corrected chi connectivity index (χ0v) is 18.5. The average Bonchev–Trinajstić information content (AvgIpc) is 3.17. The molecule has 0 radical (unpaired) electrons. The van der Waals surface area contributed by atoms with Crippen LogP contribution in [0.25, 0.3) is 0 Å². The first-order valence-corrected chi connectivity index (χ1v) is 10.5. The lowest BCUT2D eigenvalue weighted by molar-refractivity contribution is -0.172. The van der Waals surface area contributed by atoms with Crippen LogP contribution in [-0.4, -0.2) is 46.0 Å². The second-order valence-electron chi connectivity index (χ2n) is 8.53. The minimum absolute atomic E-state index is 0.274. The number of aryl methyl sites for hydroxylation is 4. The number of rotatable bonds is 4. The maximum atomic E-state index is 13.1. The number of hydrogen-bond acceptors (Lipinski definition) is 6. The van der Waals surface area contributed by atoms with Gasteiger partial charge in [0.1, 0.15) is 12.1 Å². The predicted octanol–water partition coefficient (Wildman–Crippen LogP) is 2.58. The van der Waals surface area contributed by atoms with Crippen LogP contribution in [0.3, 0.4) is 0 Å². The summed E-state index contributed by atoms with van der Waals surface area (Å²) >= 11 is 0. The van der Waals surface area contributed by atoms with Crippen LogP contribution in [0.4, 0.5) is 11.4 Å². The first-order valence-electron chi connectivity index (χ1n) is 10.5. The van der Waals surface area contributed by atoms with Gasteiger partial charge < -0.3 is 5.21 Å². The number of anilines is 2. The number of imide groups is 2. The van der Waals surface area contributed by atoms with E-state index in [0.717, 1.165) is 32.1 Å². The van der Waals surface area contributed by atoms with Gasteiger partial charge in [-0.3, -0.25) is 19.2 Å². The van der Waals surface area contributed by atoms with Gasteiger partial charge in [0.05, 0.1) is 24.2 Å². The first-order chi connectivity index (χ1) is 15.1.